The standard InChI is InChI=1S/C52H77N5O8/c1-9-42(58)23-17-18-24-49(60)64-36-57(51(62)44(26-25-40-19-13-11-14-20-40)54-48(59)34-56-27-29-63-30-28-56)47(32-38(5)6)50(61)55-45(33-41-21-15-12-16-22-41)39(7)53-46(31-37(3)4)43(10-2)52(8)35-65-52/h10-16,19-22,37-38,44-47,53H,7,9,17-18,23-36H2,1-6,8H3,(H,54,59)(H,55,61)/t44-,45-,46-,47-,52+/m0/s1. The number of unbranched alkanes of at least 4 members (excludes halogenated alkanes) is 1. The fourth-order valence-electron chi connectivity index (χ4n) is 8.32. The van der Waals surface area contributed by atoms with E-state index in [1.54, 1.807) is 0 Å². The van der Waals surface area contributed by atoms with Crippen LogP contribution in [-0.2, 0) is 51.0 Å². The molecule has 5 atom stereocenters. The Morgan fingerprint density at radius 3 is 2.05 bits per heavy atom. The highest BCUT2D eigenvalue weighted by molar-refractivity contribution is 5.92. The Kier molecular flexibility index (Phi) is 21.9. The first-order valence-electron chi connectivity index (χ1n) is 23.8. The Balaban J connectivity index is 1.69. The molecule has 0 unspecified atom stereocenters. The molecule has 0 aromatic heterocycles. The van der Waals surface area contributed by atoms with Crippen LogP contribution < -0.4 is 16.0 Å². The van der Waals surface area contributed by atoms with Crippen LogP contribution in [0.5, 0.6) is 0 Å². The van der Waals surface area contributed by atoms with Gasteiger partial charge < -0.3 is 30.2 Å². The lowest BCUT2D eigenvalue weighted by Crippen LogP contribution is -2.59. The Hall–Kier alpha value is -4.85. The monoisotopic (exact) mass is 900 g/mol. The van der Waals surface area contributed by atoms with Gasteiger partial charge in [0.1, 0.15) is 23.5 Å². The number of aryl methyl sites for hydroxylation is 1. The zero-order chi connectivity index (χ0) is 47.4. The third-order valence-corrected chi connectivity index (χ3v) is 12.1. The summed E-state index contributed by atoms with van der Waals surface area (Å²) in [5.74, 6) is -1.42. The van der Waals surface area contributed by atoms with E-state index in [2.05, 4.69) is 49.4 Å². The minimum atomic E-state index is -1.09. The minimum absolute atomic E-state index is 0.0499. The van der Waals surface area contributed by atoms with Gasteiger partial charge in [0.15, 0.2) is 6.73 Å². The summed E-state index contributed by atoms with van der Waals surface area (Å²) >= 11 is 0. The van der Waals surface area contributed by atoms with Crippen LogP contribution in [0, 0.1) is 11.8 Å². The highest BCUT2D eigenvalue weighted by Crippen LogP contribution is 2.38. The largest absolute Gasteiger partial charge is 0.444 e. The van der Waals surface area contributed by atoms with E-state index in [9.17, 15) is 14.4 Å². The number of carbonyl (C=O) groups excluding carboxylic acids is 5. The number of allylic oxidation sites excluding steroid dienone is 1. The Bertz CT molecular complexity index is 1860. The van der Waals surface area contributed by atoms with Crippen molar-refractivity contribution in [2.45, 2.75) is 142 Å². The van der Waals surface area contributed by atoms with Gasteiger partial charge in [0.25, 0.3) is 0 Å². The molecule has 2 aliphatic rings. The normalized spacial score (nSPS) is 18.3. The topological polar surface area (TPSA) is 159 Å². The average molecular weight is 900 g/mol. The summed E-state index contributed by atoms with van der Waals surface area (Å²) in [6.07, 6.45) is 6.15. The number of ketones is 1. The van der Waals surface area contributed by atoms with Gasteiger partial charge in [-0.3, -0.25) is 33.8 Å². The third kappa shape index (κ3) is 18.2. The van der Waals surface area contributed by atoms with E-state index >= 15 is 9.59 Å². The lowest BCUT2D eigenvalue weighted by molar-refractivity contribution is -0.160. The van der Waals surface area contributed by atoms with E-state index in [-0.39, 0.29) is 55.1 Å². The molecular formula is C52H77N5O8. The first kappa shape index (κ1) is 52.8. The first-order chi connectivity index (χ1) is 31.1. The number of Topliss-reactive ketones (excluding diaryl/α,β-unsaturated/α-hetero) is 1. The Morgan fingerprint density at radius 2 is 1.46 bits per heavy atom. The van der Waals surface area contributed by atoms with Gasteiger partial charge in [-0.05, 0) is 87.3 Å². The number of nitrogens with one attached hydrogen (secondary N) is 3. The van der Waals surface area contributed by atoms with Crippen molar-refractivity contribution in [3.05, 3.63) is 95.7 Å². The molecule has 3 N–H and O–H groups in total. The number of carbonyl (C=O) groups is 5. The lowest BCUT2D eigenvalue weighted by Gasteiger charge is -2.36. The van der Waals surface area contributed by atoms with Crippen molar-refractivity contribution in [1.29, 1.82) is 0 Å². The first-order valence-corrected chi connectivity index (χ1v) is 23.8. The van der Waals surface area contributed by atoms with Crippen LogP contribution in [0.4, 0.5) is 0 Å². The molecule has 3 amide bonds. The predicted octanol–water partition coefficient (Wildman–Crippen LogP) is 6.70. The van der Waals surface area contributed by atoms with Crippen molar-refractivity contribution in [2.75, 3.05) is 46.2 Å². The fourth-order valence-corrected chi connectivity index (χ4v) is 8.32. The van der Waals surface area contributed by atoms with Crippen molar-refractivity contribution in [3.63, 3.8) is 0 Å². The van der Waals surface area contributed by atoms with E-state index < -0.39 is 42.6 Å². The Morgan fingerprint density at radius 1 is 0.846 bits per heavy atom. The Labute approximate surface area is 388 Å². The molecule has 2 fully saturated rings. The maximum atomic E-state index is 15.2. The number of nitrogens with zero attached hydrogens (tertiary/aromatic N) is 2. The molecule has 0 aliphatic carbocycles. The van der Waals surface area contributed by atoms with E-state index in [0.717, 1.165) is 23.1 Å². The third-order valence-electron chi connectivity index (χ3n) is 12.1. The predicted molar refractivity (Wildman–Crippen MR) is 254 cm³/mol. The van der Waals surface area contributed by atoms with Crippen molar-refractivity contribution >= 4 is 29.5 Å². The van der Waals surface area contributed by atoms with Crippen LogP contribution in [0.3, 0.4) is 0 Å². The quantitative estimate of drug-likeness (QED) is 0.0264. The SMILES string of the molecule is C=C(N[C@@H](CC(C)C)C(=CC)[C@@]1(C)CO1)[C@H](Cc1ccccc1)NC(=O)[C@H](CC(C)C)N(COC(=O)CCCCC(=O)CC)C(=O)[C@H](CCc1ccccc1)NC(=O)CN1CCOCC1. The number of rotatable bonds is 29. The van der Waals surface area contributed by atoms with Gasteiger partial charge in [0.2, 0.25) is 17.7 Å². The van der Waals surface area contributed by atoms with Crippen molar-refractivity contribution in [3.8, 4) is 0 Å². The average Bonchev–Trinajstić information content (AvgIpc) is 4.03. The van der Waals surface area contributed by atoms with E-state index in [0.29, 0.717) is 83.1 Å². The van der Waals surface area contributed by atoms with Gasteiger partial charge in [-0.15, -0.1) is 0 Å². The maximum Gasteiger partial charge on any atom is 0.307 e. The van der Waals surface area contributed by atoms with Crippen LogP contribution in [0.25, 0.3) is 0 Å². The number of esters is 1. The van der Waals surface area contributed by atoms with E-state index in [1.807, 2.05) is 93.3 Å². The summed E-state index contributed by atoms with van der Waals surface area (Å²) < 4.78 is 17.2. The van der Waals surface area contributed by atoms with Crippen molar-refractivity contribution in [1.82, 2.24) is 25.8 Å². The molecule has 2 aromatic carbocycles. The van der Waals surface area contributed by atoms with Gasteiger partial charge in [-0.25, -0.2) is 0 Å². The zero-order valence-corrected chi connectivity index (χ0v) is 40.2. The summed E-state index contributed by atoms with van der Waals surface area (Å²) in [6.45, 7) is 21.1. The molecular weight excluding hydrogens is 823 g/mol. The van der Waals surface area contributed by atoms with Gasteiger partial charge in [-0.1, -0.05) is 108 Å². The molecule has 0 spiro atoms. The molecule has 0 saturated carbocycles. The molecule has 2 aromatic rings. The second-order valence-electron chi connectivity index (χ2n) is 18.6. The molecule has 2 saturated heterocycles. The molecule has 2 aliphatic heterocycles. The number of hydrogen-bond donors (Lipinski definition) is 3. The summed E-state index contributed by atoms with van der Waals surface area (Å²) in [4.78, 5) is 72.6. The second-order valence-corrected chi connectivity index (χ2v) is 18.6. The molecule has 0 bridgehead atoms. The number of epoxide rings is 1. The van der Waals surface area contributed by atoms with Crippen LogP contribution in [0.2, 0.25) is 0 Å². The van der Waals surface area contributed by atoms with Gasteiger partial charge in [0, 0.05) is 38.0 Å². The summed E-state index contributed by atoms with van der Waals surface area (Å²) in [7, 11) is 0. The highest BCUT2D eigenvalue weighted by Gasteiger charge is 2.46. The minimum Gasteiger partial charge on any atom is -0.444 e. The van der Waals surface area contributed by atoms with Crippen molar-refractivity contribution in [2.24, 2.45) is 11.8 Å². The fraction of sp³-hybridized carbons (Fsp3) is 0.596. The molecule has 13 nitrogen and oxygen atoms in total. The molecule has 4 rings (SSSR count). The number of benzene rings is 2. The van der Waals surface area contributed by atoms with Crippen LogP contribution in [-0.4, -0.2) is 115 Å². The smallest absolute Gasteiger partial charge is 0.307 e. The molecule has 358 valence electrons. The number of ether oxygens (including phenoxy) is 3. The zero-order valence-electron chi connectivity index (χ0n) is 40.2. The van der Waals surface area contributed by atoms with Crippen LogP contribution in [0.1, 0.15) is 111 Å². The number of morpholine rings is 1. The number of amides is 3. The van der Waals surface area contributed by atoms with Crippen molar-refractivity contribution < 1.29 is 38.2 Å². The second kappa shape index (κ2) is 26.9. The lowest BCUT2D eigenvalue weighted by atomic mass is 9.88. The van der Waals surface area contributed by atoms with Gasteiger partial charge in [0.05, 0.1) is 38.4 Å². The maximum absolute atomic E-state index is 15.2. The molecule has 0 radical (unpaired) electrons. The summed E-state index contributed by atoms with van der Waals surface area (Å²) in [6, 6.07) is 16.7. The summed E-state index contributed by atoms with van der Waals surface area (Å²) in [5.41, 5.74) is 3.33. The van der Waals surface area contributed by atoms with Gasteiger partial charge >= 0.3 is 5.97 Å². The van der Waals surface area contributed by atoms with Crippen LogP contribution in [0.15, 0.2) is 84.6 Å². The number of hydrogen-bond acceptors (Lipinski definition) is 10. The van der Waals surface area contributed by atoms with E-state index in [4.69, 9.17) is 14.2 Å². The van der Waals surface area contributed by atoms with Gasteiger partial charge in [-0.2, -0.15) is 0 Å². The molecule has 2 heterocycles. The summed E-state index contributed by atoms with van der Waals surface area (Å²) in [5, 5.41) is 10.00. The molecule has 13 heteroatoms. The molecule has 65 heavy (non-hydrogen) atoms. The van der Waals surface area contributed by atoms with Crippen LogP contribution >= 0.6 is 0 Å². The highest BCUT2D eigenvalue weighted by atomic mass is 16.6. The van der Waals surface area contributed by atoms with E-state index in [1.165, 1.54) is 4.90 Å².